The summed E-state index contributed by atoms with van der Waals surface area (Å²) in [5.74, 6) is 2.80. The third kappa shape index (κ3) is 3.76. The molecule has 1 aliphatic heterocycles. The highest BCUT2D eigenvalue weighted by molar-refractivity contribution is 5.44. The Balaban J connectivity index is 1.72. The fourth-order valence-electron chi connectivity index (χ4n) is 3.17. The Morgan fingerprint density at radius 2 is 2.10 bits per heavy atom. The Bertz CT molecular complexity index is 479. The standard InChI is InChI=1S/C18H29N3/c1-4-16-9-14(11-19-17-5-6-17)10-18(20-16)21-8-7-15(12-21)13(2)3/h9-10,13,15,17,19H,4-8,11-12H2,1-3H3. The van der Waals surface area contributed by atoms with Crippen molar-refractivity contribution in [2.75, 3.05) is 18.0 Å². The predicted molar refractivity (Wildman–Crippen MR) is 88.6 cm³/mol. The van der Waals surface area contributed by atoms with Gasteiger partial charge in [0, 0.05) is 31.4 Å². The highest BCUT2D eigenvalue weighted by Crippen LogP contribution is 2.28. The Hall–Kier alpha value is -1.09. The van der Waals surface area contributed by atoms with Crippen molar-refractivity contribution < 1.29 is 0 Å². The molecule has 0 radical (unpaired) electrons. The van der Waals surface area contributed by atoms with Gasteiger partial charge in [-0.2, -0.15) is 0 Å². The largest absolute Gasteiger partial charge is 0.356 e. The van der Waals surface area contributed by atoms with Gasteiger partial charge in [-0.05, 0) is 55.2 Å². The van der Waals surface area contributed by atoms with Crippen molar-refractivity contribution in [2.24, 2.45) is 11.8 Å². The molecule has 2 aliphatic rings. The Morgan fingerprint density at radius 1 is 1.29 bits per heavy atom. The Kier molecular flexibility index (Phi) is 4.48. The zero-order chi connectivity index (χ0) is 14.8. The van der Waals surface area contributed by atoms with Crippen molar-refractivity contribution in [3.05, 3.63) is 23.4 Å². The number of aromatic nitrogens is 1. The van der Waals surface area contributed by atoms with Crippen LogP contribution in [-0.4, -0.2) is 24.1 Å². The molecule has 0 spiro atoms. The molecular formula is C18H29N3. The molecule has 3 rings (SSSR count). The van der Waals surface area contributed by atoms with Crippen LogP contribution in [0.2, 0.25) is 0 Å². The van der Waals surface area contributed by atoms with Crippen LogP contribution in [0, 0.1) is 11.8 Å². The fourth-order valence-corrected chi connectivity index (χ4v) is 3.17. The smallest absolute Gasteiger partial charge is 0.129 e. The van der Waals surface area contributed by atoms with Crippen molar-refractivity contribution in [2.45, 2.75) is 59.0 Å². The molecule has 1 N–H and O–H groups in total. The highest BCUT2D eigenvalue weighted by atomic mass is 15.2. The molecule has 21 heavy (non-hydrogen) atoms. The number of nitrogens with one attached hydrogen (secondary N) is 1. The molecule has 0 amide bonds. The number of hydrogen-bond acceptors (Lipinski definition) is 3. The van der Waals surface area contributed by atoms with Crippen LogP contribution >= 0.6 is 0 Å². The van der Waals surface area contributed by atoms with Gasteiger partial charge in [-0.1, -0.05) is 20.8 Å². The lowest BCUT2D eigenvalue weighted by Gasteiger charge is -2.20. The van der Waals surface area contributed by atoms with E-state index in [4.69, 9.17) is 4.98 Å². The number of anilines is 1. The topological polar surface area (TPSA) is 28.2 Å². The summed E-state index contributed by atoms with van der Waals surface area (Å²) in [6.07, 6.45) is 5.03. The number of aryl methyl sites for hydroxylation is 1. The third-order valence-corrected chi connectivity index (χ3v) is 4.95. The second-order valence-corrected chi connectivity index (χ2v) is 7.07. The van der Waals surface area contributed by atoms with E-state index in [0.29, 0.717) is 0 Å². The molecule has 1 aromatic heterocycles. The Labute approximate surface area is 129 Å². The first-order valence-electron chi connectivity index (χ1n) is 8.64. The zero-order valence-electron chi connectivity index (χ0n) is 13.7. The highest BCUT2D eigenvalue weighted by Gasteiger charge is 2.26. The van der Waals surface area contributed by atoms with E-state index in [1.54, 1.807) is 0 Å². The first-order valence-corrected chi connectivity index (χ1v) is 8.64. The SMILES string of the molecule is CCc1cc(CNC2CC2)cc(N2CCC(C(C)C)C2)n1. The molecular weight excluding hydrogens is 258 g/mol. The molecule has 3 heteroatoms. The molecule has 1 aliphatic carbocycles. The average Bonchev–Trinajstić information content (AvgIpc) is 3.18. The van der Waals surface area contributed by atoms with Gasteiger partial charge < -0.3 is 10.2 Å². The first-order chi connectivity index (χ1) is 10.2. The van der Waals surface area contributed by atoms with E-state index in [-0.39, 0.29) is 0 Å². The second-order valence-electron chi connectivity index (χ2n) is 7.07. The lowest BCUT2D eigenvalue weighted by molar-refractivity contribution is 0.422. The van der Waals surface area contributed by atoms with Gasteiger partial charge in [0.2, 0.25) is 0 Å². The van der Waals surface area contributed by atoms with Gasteiger partial charge in [-0.3, -0.25) is 0 Å². The molecule has 3 nitrogen and oxygen atoms in total. The summed E-state index contributed by atoms with van der Waals surface area (Å²) >= 11 is 0. The van der Waals surface area contributed by atoms with Gasteiger partial charge in [-0.25, -0.2) is 4.98 Å². The van der Waals surface area contributed by atoms with Crippen molar-refractivity contribution in [1.82, 2.24) is 10.3 Å². The second kappa shape index (κ2) is 6.35. The summed E-state index contributed by atoms with van der Waals surface area (Å²) in [7, 11) is 0. The minimum absolute atomic E-state index is 0.767. The van der Waals surface area contributed by atoms with E-state index >= 15 is 0 Å². The van der Waals surface area contributed by atoms with Gasteiger partial charge in [-0.15, -0.1) is 0 Å². The molecule has 2 heterocycles. The molecule has 0 aromatic carbocycles. The normalized spacial score (nSPS) is 22.3. The van der Waals surface area contributed by atoms with Crippen molar-refractivity contribution in [3.8, 4) is 0 Å². The summed E-state index contributed by atoms with van der Waals surface area (Å²) in [6.45, 7) is 10.2. The molecule has 1 saturated heterocycles. The van der Waals surface area contributed by atoms with Crippen molar-refractivity contribution in [1.29, 1.82) is 0 Å². The maximum Gasteiger partial charge on any atom is 0.129 e. The van der Waals surface area contributed by atoms with Gasteiger partial charge in [0.15, 0.2) is 0 Å². The van der Waals surface area contributed by atoms with Crippen LogP contribution in [0.1, 0.15) is 51.3 Å². The monoisotopic (exact) mass is 287 g/mol. The summed E-state index contributed by atoms with van der Waals surface area (Å²) in [5, 5.41) is 3.62. The van der Waals surface area contributed by atoms with E-state index in [2.05, 4.69) is 43.1 Å². The molecule has 116 valence electrons. The van der Waals surface area contributed by atoms with Gasteiger partial charge in [0.1, 0.15) is 5.82 Å². The van der Waals surface area contributed by atoms with Crippen LogP contribution in [0.25, 0.3) is 0 Å². The van der Waals surface area contributed by atoms with Crippen molar-refractivity contribution in [3.63, 3.8) is 0 Å². The molecule has 1 unspecified atom stereocenters. The molecule has 0 bridgehead atoms. The van der Waals surface area contributed by atoms with Crippen LogP contribution in [-0.2, 0) is 13.0 Å². The van der Waals surface area contributed by atoms with Gasteiger partial charge >= 0.3 is 0 Å². The third-order valence-electron chi connectivity index (χ3n) is 4.95. The molecule has 2 fully saturated rings. The summed E-state index contributed by atoms with van der Waals surface area (Å²) in [6, 6.07) is 5.34. The van der Waals surface area contributed by atoms with E-state index < -0.39 is 0 Å². The van der Waals surface area contributed by atoms with Gasteiger partial charge in [0.25, 0.3) is 0 Å². The van der Waals surface area contributed by atoms with Crippen LogP contribution in [0.5, 0.6) is 0 Å². The van der Waals surface area contributed by atoms with E-state index in [1.165, 1.54) is 49.4 Å². The number of nitrogens with zero attached hydrogens (tertiary/aromatic N) is 2. The number of hydrogen-bond donors (Lipinski definition) is 1. The lowest BCUT2D eigenvalue weighted by Crippen LogP contribution is -2.23. The summed E-state index contributed by atoms with van der Waals surface area (Å²) in [4.78, 5) is 7.36. The van der Waals surface area contributed by atoms with E-state index in [9.17, 15) is 0 Å². The van der Waals surface area contributed by atoms with E-state index in [0.717, 1.165) is 30.8 Å². The Morgan fingerprint density at radius 3 is 2.71 bits per heavy atom. The van der Waals surface area contributed by atoms with Crippen LogP contribution in [0.3, 0.4) is 0 Å². The van der Waals surface area contributed by atoms with Crippen LogP contribution in [0.4, 0.5) is 5.82 Å². The lowest BCUT2D eigenvalue weighted by atomic mass is 9.95. The minimum Gasteiger partial charge on any atom is -0.356 e. The maximum atomic E-state index is 4.87. The van der Waals surface area contributed by atoms with Crippen LogP contribution < -0.4 is 10.2 Å². The molecule has 1 saturated carbocycles. The predicted octanol–water partition coefficient (Wildman–Crippen LogP) is 3.38. The van der Waals surface area contributed by atoms with Crippen molar-refractivity contribution >= 4 is 5.82 Å². The van der Waals surface area contributed by atoms with Gasteiger partial charge in [0.05, 0.1) is 0 Å². The summed E-state index contributed by atoms with van der Waals surface area (Å²) < 4.78 is 0. The minimum atomic E-state index is 0.767. The maximum absolute atomic E-state index is 4.87. The molecule has 1 atom stereocenters. The van der Waals surface area contributed by atoms with Crippen LogP contribution in [0.15, 0.2) is 12.1 Å². The average molecular weight is 287 g/mol. The molecule has 1 aromatic rings. The number of rotatable bonds is 6. The van der Waals surface area contributed by atoms with E-state index in [1.807, 2.05) is 0 Å². The summed E-state index contributed by atoms with van der Waals surface area (Å²) in [5.41, 5.74) is 2.63. The quantitative estimate of drug-likeness (QED) is 0.869. The first kappa shape index (κ1) is 14.8. The fraction of sp³-hybridized carbons (Fsp3) is 0.722. The zero-order valence-corrected chi connectivity index (χ0v) is 13.7. The number of pyridine rings is 1.